The number of halogens is 2. The fraction of sp³-hybridized carbons (Fsp3) is 0.353. The highest BCUT2D eigenvalue weighted by Crippen LogP contribution is 2.24. The summed E-state index contributed by atoms with van der Waals surface area (Å²) >= 11 is 0. The van der Waals surface area contributed by atoms with Gasteiger partial charge < -0.3 is 4.74 Å². The lowest BCUT2D eigenvalue weighted by Crippen LogP contribution is -2.38. The molecule has 3 nitrogen and oxygen atoms in total. The summed E-state index contributed by atoms with van der Waals surface area (Å²) in [6, 6.07) is 7.11. The molecule has 2 aromatic rings. The topological polar surface area (TPSA) is 25.4 Å². The van der Waals surface area contributed by atoms with E-state index in [0.29, 0.717) is 37.4 Å². The molecule has 0 unspecified atom stereocenters. The van der Waals surface area contributed by atoms with E-state index in [2.05, 4.69) is 9.88 Å². The van der Waals surface area contributed by atoms with Gasteiger partial charge in [-0.1, -0.05) is 18.2 Å². The molecule has 1 saturated heterocycles. The van der Waals surface area contributed by atoms with Crippen molar-refractivity contribution in [2.45, 2.75) is 19.6 Å². The Morgan fingerprint density at radius 1 is 1.27 bits per heavy atom. The first-order valence-electron chi connectivity index (χ1n) is 7.32. The van der Waals surface area contributed by atoms with E-state index in [1.807, 2.05) is 12.1 Å². The third-order valence-electron chi connectivity index (χ3n) is 3.96. The minimum Gasteiger partial charge on any atom is -0.371 e. The monoisotopic (exact) mass is 304 g/mol. The molecule has 0 aliphatic carbocycles. The first kappa shape index (κ1) is 15.1. The zero-order valence-corrected chi connectivity index (χ0v) is 12.4. The molecule has 5 heteroatoms. The summed E-state index contributed by atoms with van der Waals surface area (Å²) in [6.07, 6.45) is 3.41. The number of hydrogen-bond acceptors (Lipinski definition) is 3. The molecular weight excluding hydrogens is 286 g/mol. The second kappa shape index (κ2) is 6.50. The molecule has 1 aromatic heterocycles. The van der Waals surface area contributed by atoms with Crippen molar-refractivity contribution in [1.82, 2.24) is 9.88 Å². The molecule has 3 rings (SSSR count). The van der Waals surface area contributed by atoms with Gasteiger partial charge >= 0.3 is 0 Å². The third-order valence-corrected chi connectivity index (χ3v) is 3.96. The minimum atomic E-state index is -0.755. The van der Waals surface area contributed by atoms with Gasteiger partial charge in [-0.3, -0.25) is 9.88 Å². The summed E-state index contributed by atoms with van der Waals surface area (Å²) in [5.74, 6) is -1.50. The lowest BCUT2D eigenvalue weighted by molar-refractivity contribution is -0.0334. The summed E-state index contributed by atoms with van der Waals surface area (Å²) < 4.78 is 33.4. The van der Waals surface area contributed by atoms with E-state index in [4.69, 9.17) is 4.74 Å². The molecule has 0 saturated carbocycles. The molecule has 1 aromatic carbocycles. The second-order valence-corrected chi connectivity index (χ2v) is 5.55. The van der Waals surface area contributed by atoms with Crippen molar-refractivity contribution in [3.05, 3.63) is 65.0 Å². The van der Waals surface area contributed by atoms with Crippen LogP contribution in [0, 0.1) is 18.6 Å². The number of aryl methyl sites for hydroxylation is 1. The molecule has 0 N–H and O–H groups in total. The average molecular weight is 304 g/mol. The first-order chi connectivity index (χ1) is 10.6. The van der Waals surface area contributed by atoms with Crippen molar-refractivity contribution in [1.29, 1.82) is 0 Å². The van der Waals surface area contributed by atoms with Gasteiger partial charge in [-0.05, 0) is 18.6 Å². The highest BCUT2D eigenvalue weighted by atomic mass is 19.2. The molecule has 1 aliphatic heterocycles. The Morgan fingerprint density at radius 2 is 2.14 bits per heavy atom. The number of ether oxygens (including phenoxy) is 1. The standard InChI is InChI=1S/C17H18F2N2O/c1-12-4-5-14(17(19)16(12)18)10-21-7-8-22-15(11-21)13-3-2-6-20-9-13/h2-6,9,15H,7-8,10-11H2,1H3/t15-/m0/s1. The molecule has 22 heavy (non-hydrogen) atoms. The lowest BCUT2D eigenvalue weighted by Gasteiger charge is -2.33. The van der Waals surface area contributed by atoms with E-state index >= 15 is 0 Å². The minimum absolute atomic E-state index is 0.0826. The largest absolute Gasteiger partial charge is 0.371 e. The Balaban J connectivity index is 1.72. The van der Waals surface area contributed by atoms with Gasteiger partial charge in [0.15, 0.2) is 11.6 Å². The van der Waals surface area contributed by atoms with Crippen LogP contribution in [0.5, 0.6) is 0 Å². The van der Waals surface area contributed by atoms with Crippen molar-refractivity contribution in [2.24, 2.45) is 0 Å². The van der Waals surface area contributed by atoms with Crippen LogP contribution in [0.15, 0.2) is 36.7 Å². The molecule has 1 aliphatic rings. The summed E-state index contributed by atoms with van der Waals surface area (Å²) in [5.41, 5.74) is 1.72. The van der Waals surface area contributed by atoms with Gasteiger partial charge in [0.05, 0.1) is 12.7 Å². The molecule has 0 amide bonds. The highest BCUT2D eigenvalue weighted by Gasteiger charge is 2.23. The number of aromatic nitrogens is 1. The van der Waals surface area contributed by atoms with Crippen molar-refractivity contribution < 1.29 is 13.5 Å². The van der Waals surface area contributed by atoms with Crippen LogP contribution in [0.3, 0.4) is 0 Å². The lowest BCUT2D eigenvalue weighted by atomic mass is 10.1. The summed E-state index contributed by atoms with van der Waals surface area (Å²) in [6.45, 7) is 3.85. The van der Waals surface area contributed by atoms with Gasteiger partial charge in [0.25, 0.3) is 0 Å². The van der Waals surface area contributed by atoms with E-state index in [1.165, 1.54) is 0 Å². The fourth-order valence-electron chi connectivity index (χ4n) is 2.66. The predicted molar refractivity (Wildman–Crippen MR) is 79.3 cm³/mol. The molecule has 1 fully saturated rings. The van der Waals surface area contributed by atoms with E-state index in [0.717, 1.165) is 5.56 Å². The molecule has 2 heterocycles. The van der Waals surface area contributed by atoms with Crippen molar-refractivity contribution in [3.8, 4) is 0 Å². The average Bonchev–Trinajstić information content (AvgIpc) is 2.57. The summed E-state index contributed by atoms with van der Waals surface area (Å²) in [7, 11) is 0. The number of pyridine rings is 1. The predicted octanol–water partition coefficient (Wildman–Crippen LogP) is 3.24. The molecule has 116 valence electrons. The van der Waals surface area contributed by atoms with Crippen LogP contribution in [0.2, 0.25) is 0 Å². The molecule has 0 spiro atoms. The number of morpholine rings is 1. The van der Waals surface area contributed by atoms with Crippen molar-refractivity contribution in [3.63, 3.8) is 0 Å². The summed E-state index contributed by atoms with van der Waals surface area (Å²) in [5, 5.41) is 0. The Morgan fingerprint density at radius 3 is 2.91 bits per heavy atom. The quantitative estimate of drug-likeness (QED) is 0.870. The van der Waals surface area contributed by atoms with Gasteiger partial charge in [0.1, 0.15) is 0 Å². The number of nitrogens with zero attached hydrogens (tertiary/aromatic N) is 2. The maximum atomic E-state index is 14.0. The second-order valence-electron chi connectivity index (χ2n) is 5.55. The Labute approximate surface area is 128 Å². The molecular formula is C17H18F2N2O. The van der Waals surface area contributed by atoms with Gasteiger partial charge in [0.2, 0.25) is 0 Å². The van der Waals surface area contributed by atoms with E-state index < -0.39 is 11.6 Å². The Hall–Kier alpha value is -1.85. The van der Waals surface area contributed by atoms with Crippen LogP contribution in [0.25, 0.3) is 0 Å². The van der Waals surface area contributed by atoms with E-state index in [1.54, 1.807) is 31.5 Å². The maximum Gasteiger partial charge on any atom is 0.163 e. The third kappa shape index (κ3) is 3.15. The van der Waals surface area contributed by atoms with Crippen LogP contribution >= 0.6 is 0 Å². The van der Waals surface area contributed by atoms with Gasteiger partial charge in [-0.25, -0.2) is 8.78 Å². The first-order valence-corrected chi connectivity index (χ1v) is 7.32. The SMILES string of the molecule is Cc1ccc(CN2CCO[C@H](c3cccnc3)C2)c(F)c1F. The maximum absolute atomic E-state index is 14.0. The number of benzene rings is 1. The Kier molecular flexibility index (Phi) is 4.45. The smallest absolute Gasteiger partial charge is 0.163 e. The highest BCUT2D eigenvalue weighted by molar-refractivity contribution is 5.25. The van der Waals surface area contributed by atoms with Crippen molar-refractivity contribution >= 4 is 0 Å². The zero-order valence-electron chi connectivity index (χ0n) is 12.4. The van der Waals surface area contributed by atoms with Gasteiger partial charge in [0, 0.05) is 43.2 Å². The van der Waals surface area contributed by atoms with Crippen LogP contribution in [0.1, 0.15) is 22.8 Å². The molecule has 0 radical (unpaired) electrons. The normalized spacial score (nSPS) is 19.3. The van der Waals surface area contributed by atoms with Crippen LogP contribution in [-0.2, 0) is 11.3 Å². The fourth-order valence-corrected chi connectivity index (χ4v) is 2.66. The van der Waals surface area contributed by atoms with Crippen LogP contribution < -0.4 is 0 Å². The van der Waals surface area contributed by atoms with Crippen molar-refractivity contribution in [2.75, 3.05) is 19.7 Å². The molecule has 1 atom stereocenters. The van der Waals surface area contributed by atoms with Crippen LogP contribution in [0.4, 0.5) is 8.78 Å². The molecule has 0 bridgehead atoms. The van der Waals surface area contributed by atoms with E-state index in [-0.39, 0.29) is 6.10 Å². The Bertz CT molecular complexity index is 649. The summed E-state index contributed by atoms with van der Waals surface area (Å²) in [4.78, 5) is 6.17. The number of hydrogen-bond donors (Lipinski definition) is 0. The zero-order chi connectivity index (χ0) is 15.5. The van der Waals surface area contributed by atoms with Gasteiger partial charge in [-0.15, -0.1) is 0 Å². The number of rotatable bonds is 3. The van der Waals surface area contributed by atoms with Gasteiger partial charge in [-0.2, -0.15) is 0 Å². The van der Waals surface area contributed by atoms with E-state index in [9.17, 15) is 8.78 Å². The van der Waals surface area contributed by atoms with Crippen LogP contribution in [-0.4, -0.2) is 29.6 Å².